The van der Waals surface area contributed by atoms with Gasteiger partial charge in [-0.2, -0.15) is 0 Å². The molecule has 2 bridgehead atoms. The maximum absolute atomic E-state index is 3.79. The number of hydrogen-bond donors (Lipinski definition) is 1. The topological polar surface area (TPSA) is 12.0 Å². The molecule has 2 fully saturated rings. The quantitative estimate of drug-likeness (QED) is 0.846. The molecule has 18 heavy (non-hydrogen) atoms. The van der Waals surface area contributed by atoms with E-state index in [0.717, 1.165) is 17.8 Å². The van der Waals surface area contributed by atoms with Crippen molar-refractivity contribution in [2.45, 2.75) is 52.5 Å². The predicted molar refractivity (Wildman–Crippen MR) is 79.1 cm³/mol. The lowest BCUT2D eigenvalue weighted by molar-refractivity contribution is 0.309. The Morgan fingerprint density at radius 1 is 1.33 bits per heavy atom. The van der Waals surface area contributed by atoms with Crippen molar-refractivity contribution in [3.05, 3.63) is 21.4 Å². The molecule has 2 aliphatic rings. The fraction of sp³-hybridized carbons (Fsp3) is 0.750. The average molecular weight is 263 g/mol. The van der Waals surface area contributed by atoms with Crippen LogP contribution in [-0.4, -0.2) is 6.54 Å². The van der Waals surface area contributed by atoms with Gasteiger partial charge in [-0.3, -0.25) is 0 Å². The molecular formula is C16H25NS. The summed E-state index contributed by atoms with van der Waals surface area (Å²) in [5, 5.41) is 3.79. The van der Waals surface area contributed by atoms with E-state index in [1.807, 2.05) is 11.3 Å². The van der Waals surface area contributed by atoms with E-state index in [0.29, 0.717) is 6.04 Å². The number of fused-ring (bicyclic) bond motifs is 2. The van der Waals surface area contributed by atoms with E-state index < -0.39 is 0 Å². The molecule has 1 heterocycles. The van der Waals surface area contributed by atoms with Crippen LogP contribution >= 0.6 is 11.3 Å². The van der Waals surface area contributed by atoms with E-state index in [1.165, 1.54) is 47.5 Å². The number of thiophene rings is 1. The van der Waals surface area contributed by atoms with Crippen LogP contribution in [0.4, 0.5) is 0 Å². The van der Waals surface area contributed by atoms with E-state index in [1.54, 1.807) is 0 Å². The van der Waals surface area contributed by atoms with Crippen molar-refractivity contribution >= 4 is 11.3 Å². The molecule has 4 atom stereocenters. The Morgan fingerprint density at radius 2 is 2.17 bits per heavy atom. The van der Waals surface area contributed by atoms with Gasteiger partial charge in [0.15, 0.2) is 0 Å². The molecule has 0 radical (unpaired) electrons. The highest BCUT2D eigenvalue weighted by Crippen LogP contribution is 2.48. The molecule has 1 N–H and O–H groups in total. The number of aryl methyl sites for hydroxylation is 2. The Labute approximate surface area is 115 Å². The Hall–Kier alpha value is -0.340. The third-order valence-electron chi connectivity index (χ3n) is 5.12. The van der Waals surface area contributed by atoms with Crippen LogP contribution in [0.2, 0.25) is 0 Å². The zero-order chi connectivity index (χ0) is 12.7. The molecule has 4 unspecified atom stereocenters. The summed E-state index contributed by atoms with van der Waals surface area (Å²) >= 11 is 1.93. The third-order valence-corrected chi connectivity index (χ3v) is 6.10. The highest BCUT2D eigenvalue weighted by atomic mass is 32.1. The Bertz CT molecular complexity index is 423. The first-order chi connectivity index (χ1) is 8.63. The number of nitrogens with one attached hydrogen (secondary N) is 1. The highest BCUT2D eigenvalue weighted by Gasteiger charge is 2.39. The molecule has 2 saturated carbocycles. The Balaban J connectivity index is 1.55. The molecular weight excluding hydrogens is 238 g/mol. The average Bonchev–Trinajstić information content (AvgIpc) is 3.01. The summed E-state index contributed by atoms with van der Waals surface area (Å²) < 4.78 is 0. The summed E-state index contributed by atoms with van der Waals surface area (Å²) in [6.45, 7) is 8.02. The second-order valence-corrected chi connectivity index (χ2v) is 7.89. The predicted octanol–water partition coefficient (Wildman–Crippen LogP) is 4.45. The minimum Gasteiger partial charge on any atom is -0.310 e. The van der Waals surface area contributed by atoms with E-state index in [9.17, 15) is 0 Å². The number of hydrogen-bond acceptors (Lipinski definition) is 2. The van der Waals surface area contributed by atoms with Crippen molar-refractivity contribution in [3.63, 3.8) is 0 Å². The van der Waals surface area contributed by atoms with Gasteiger partial charge < -0.3 is 5.32 Å². The van der Waals surface area contributed by atoms with Crippen molar-refractivity contribution in [1.29, 1.82) is 0 Å². The van der Waals surface area contributed by atoms with Crippen molar-refractivity contribution in [1.82, 2.24) is 5.32 Å². The summed E-state index contributed by atoms with van der Waals surface area (Å²) in [5.41, 5.74) is 1.51. The van der Waals surface area contributed by atoms with Crippen LogP contribution in [0.25, 0.3) is 0 Å². The molecule has 1 nitrogen and oxygen atoms in total. The normalized spacial score (nSPS) is 32.1. The van der Waals surface area contributed by atoms with Crippen LogP contribution in [-0.2, 0) is 0 Å². The Kier molecular flexibility index (Phi) is 3.50. The molecule has 0 saturated heterocycles. The van der Waals surface area contributed by atoms with Gasteiger partial charge in [0.2, 0.25) is 0 Å². The first-order valence-electron chi connectivity index (χ1n) is 7.43. The standard InChI is InChI=1S/C16H25NS/c1-10-6-16(12(3)18-10)11(2)17-9-15-8-13-4-5-14(15)7-13/h6,11,13-15,17H,4-5,7-9H2,1-3H3. The molecule has 3 rings (SSSR count). The monoisotopic (exact) mass is 263 g/mol. The molecule has 1 aromatic rings. The zero-order valence-electron chi connectivity index (χ0n) is 11.8. The van der Waals surface area contributed by atoms with Crippen LogP contribution in [0, 0.1) is 31.6 Å². The van der Waals surface area contributed by atoms with Crippen LogP contribution in [0.1, 0.15) is 54.0 Å². The molecule has 2 heteroatoms. The lowest BCUT2D eigenvalue weighted by Crippen LogP contribution is -2.28. The van der Waals surface area contributed by atoms with Crippen LogP contribution in [0.3, 0.4) is 0 Å². The van der Waals surface area contributed by atoms with Gasteiger partial charge in [0.05, 0.1) is 0 Å². The van der Waals surface area contributed by atoms with Crippen molar-refractivity contribution in [2.24, 2.45) is 17.8 Å². The fourth-order valence-electron chi connectivity index (χ4n) is 4.14. The maximum atomic E-state index is 3.79. The van der Waals surface area contributed by atoms with Gasteiger partial charge in [0.25, 0.3) is 0 Å². The van der Waals surface area contributed by atoms with Gasteiger partial charge in [-0.1, -0.05) is 6.42 Å². The molecule has 2 aliphatic carbocycles. The lowest BCUT2D eigenvalue weighted by Gasteiger charge is -2.24. The third kappa shape index (κ3) is 2.37. The second kappa shape index (κ2) is 4.97. The molecule has 0 aliphatic heterocycles. The van der Waals surface area contributed by atoms with Gasteiger partial charge in [0.1, 0.15) is 0 Å². The smallest absolute Gasteiger partial charge is 0.0302 e. The molecule has 1 aromatic heterocycles. The van der Waals surface area contributed by atoms with Crippen LogP contribution in [0.15, 0.2) is 6.07 Å². The summed E-state index contributed by atoms with van der Waals surface area (Å²) in [6, 6.07) is 2.88. The first kappa shape index (κ1) is 12.7. The Morgan fingerprint density at radius 3 is 2.72 bits per heavy atom. The largest absolute Gasteiger partial charge is 0.310 e. The fourth-order valence-corrected chi connectivity index (χ4v) is 5.17. The van der Waals surface area contributed by atoms with Crippen molar-refractivity contribution < 1.29 is 0 Å². The van der Waals surface area contributed by atoms with Gasteiger partial charge in [-0.15, -0.1) is 11.3 Å². The van der Waals surface area contributed by atoms with Crippen molar-refractivity contribution in [2.75, 3.05) is 6.54 Å². The highest BCUT2D eigenvalue weighted by molar-refractivity contribution is 7.12. The van der Waals surface area contributed by atoms with Gasteiger partial charge in [-0.25, -0.2) is 0 Å². The minimum atomic E-state index is 0.522. The first-order valence-corrected chi connectivity index (χ1v) is 8.25. The summed E-state index contributed by atoms with van der Waals surface area (Å²) in [4.78, 5) is 2.93. The molecule has 0 aromatic carbocycles. The van der Waals surface area contributed by atoms with Crippen LogP contribution < -0.4 is 5.32 Å². The van der Waals surface area contributed by atoms with Crippen LogP contribution in [0.5, 0.6) is 0 Å². The molecule has 0 amide bonds. The molecule has 0 spiro atoms. The zero-order valence-corrected chi connectivity index (χ0v) is 12.6. The SMILES string of the molecule is Cc1cc(C(C)NCC2CC3CCC2C3)c(C)s1. The molecule has 100 valence electrons. The van der Waals surface area contributed by atoms with E-state index >= 15 is 0 Å². The van der Waals surface area contributed by atoms with E-state index in [-0.39, 0.29) is 0 Å². The van der Waals surface area contributed by atoms with Gasteiger partial charge in [-0.05, 0) is 76.0 Å². The summed E-state index contributed by atoms with van der Waals surface area (Å²) in [5.74, 6) is 3.08. The summed E-state index contributed by atoms with van der Waals surface area (Å²) in [6.07, 6.45) is 6.03. The van der Waals surface area contributed by atoms with Gasteiger partial charge >= 0.3 is 0 Å². The summed E-state index contributed by atoms with van der Waals surface area (Å²) in [7, 11) is 0. The lowest BCUT2D eigenvalue weighted by atomic mass is 9.88. The second-order valence-electron chi connectivity index (χ2n) is 6.43. The van der Waals surface area contributed by atoms with E-state index in [4.69, 9.17) is 0 Å². The maximum Gasteiger partial charge on any atom is 0.0302 e. The van der Waals surface area contributed by atoms with E-state index in [2.05, 4.69) is 32.2 Å². The number of rotatable bonds is 4. The van der Waals surface area contributed by atoms with Crippen molar-refractivity contribution in [3.8, 4) is 0 Å². The minimum absolute atomic E-state index is 0.522. The van der Waals surface area contributed by atoms with Gasteiger partial charge in [0, 0.05) is 15.8 Å².